The second-order valence-electron chi connectivity index (χ2n) is 11.8. The Hall–Kier alpha value is -4.29. The summed E-state index contributed by atoms with van der Waals surface area (Å²) in [5.74, 6) is -1.40. The number of aliphatic hydroxyl groups is 1. The molecule has 0 radical (unpaired) electrons. The normalized spacial score (nSPS) is 20.4. The number of aliphatic carboxylic acids is 1. The monoisotopic (exact) mass is 621 g/mol. The molecule has 0 aliphatic carbocycles. The molecule has 1 amide bonds. The molecule has 12 nitrogen and oxygen atoms in total. The summed E-state index contributed by atoms with van der Waals surface area (Å²) >= 11 is 0. The number of benzene rings is 1. The van der Waals surface area contributed by atoms with Gasteiger partial charge in [-0.3, -0.25) is 9.59 Å². The van der Waals surface area contributed by atoms with Gasteiger partial charge in [0.15, 0.2) is 5.60 Å². The SMILES string of the molecule is [2H]C([2H])([2H])Cc1c2c(nc3ccc(OC(=O)N4CCC(NCCCCC(=O)O)CC4)cc13)-c1cc3c(c(=O)n1C2)COC(=O)[C@@]3(O)CC. The van der Waals surface area contributed by atoms with Crippen LogP contribution < -0.4 is 15.6 Å². The van der Waals surface area contributed by atoms with Crippen LogP contribution in [-0.2, 0) is 39.5 Å². The maximum atomic E-state index is 13.7. The van der Waals surface area contributed by atoms with Crippen LogP contribution in [0.5, 0.6) is 5.75 Å². The van der Waals surface area contributed by atoms with Crippen molar-refractivity contribution in [3.8, 4) is 17.1 Å². The van der Waals surface area contributed by atoms with Crippen molar-refractivity contribution in [2.24, 2.45) is 0 Å². The fraction of sp³-hybridized carbons (Fsp3) is 0.485. The third kappa shape index (κ3) is 5.57. The fourth-order valence-electron chi connectivity index (χ4n) is 6.55. The van der Waals surface area contributed by atoms with Gasteiger partial charge in [-0.15, -0.1) is 0 Å². The van der Waals surface area contributed by atoms with Crippen molar-refractivity contribution in [3.05, 3.63) is 56.9 Å². The van der Waals surface area contributed by atoms with Crippen LogP contribution in [-0.4, -0.2) is 68.4 Å². The van der Waals surface area contributed by atoms with Crippen molar-refractivity contribution in [2.45, 2.75) is 83.5 Å². The summed E-state index contributed by atoms with van der Waals surface area (Å²) in [7, 11) is 0. The van der Waals surface area contributed by atoms with Crippen LogP contribution in [0.1, 0.15) is 78.7 Å². The second kappa shape index (κ2) is 12.2. The molecule has 238 valence electrons. The summed E-state index contributed by atoms with van der Waals surface area (Å²) in [5, 5.41) is 23.9. The molecule has 6 rings (SSSR count). The number of carboxylic acids is 1. The van der Waals surface area contributed by atoms with Crippen LogP contribution >= 0.6 is 0 Å². The first-order valence-corrected chi connectivity index (χ1v) is 15.3. The lowest BCUT2D eigenvalue weighted by molar-refractivity contribution is -0.172. The minimum atomic E-state index is -2.37. The molecule has 3 aliphatic heterocycles. The van der Waals surface area contributed by atoms with Gasteiger partial charge in [0.2, 0.25) is 0 Å². The Morgan fingerprint density at radius 2 is 2.00 bits per heavy atom. The summed E-state index contributed by atoms with van der Waals surface area (Å²) in [6, 6.07) is 6.64. The first-order chi connectivity index (χ1) is 22.8. The van der Waals surface area contributed by atoms with Crippen LogP contribution in [0.4, 0.5) is 4.79 Å². The van der Waals surface area contributed by atoms with Gasteiger partial charge in [0, 0.05) is 46.2 Å². The van der Waals surface area contributed by atoms with E-state index in [1.807, 2.05) is 0 Å². The van der Waals surface area contributed by atoms with Crippen molar-refractivity contribution in [3.63, 3.8) is 0 Å². The van der Waals surface area contributed by atoms with E-state index < -0.39 is 36.0 Å². The molecule has 1 aromatic carbocycles. The summed E-state index contributed by atoms with van der Waals surface area (Å²) in [6.45, 7) is 0.697. The molecule has 0 bridgehead atoms. The van der Waals surface area contributed by atoms with Crippen molar-refractivity contribution in [1.29, 1.82) is 0 Å². The molecule has 1 saturated heterocycles. The smallest absolute Gasteiger partial charge is 0.415 e. The standard InChI is InChI=1S/C33H38N4O8/c1-3-21-22-15-20(45-32(42)36-13-10-19(11-14-36)34-12-6-5-7-28(38)39)8-9-26(22)35-29-23(21)17-37-27(29)16-25-24(30(37)40)18-44-31(41)33(25,43)4-2/h8-9,15-16,19,34,43H,3-7,10-14,17-18H2,1-2H3,(H,38,39)/t33-/m1/s1/i1D3. The number of aryl methyl sites for hydroxylation is 1. The maximum Gasteiger partial charge on any atom is 0.415 e. The zero-order chi connectivity index (χ0) is 34.4. The third-order valence-corrected chi connectivity index (χ3v) is 9.16. The minimum Gasteiger partial charge on any atom is -0.481 e. The molecule has 0 spiro atoms. The molecule has 12 heteroatoms. The highest BCUT2D eigenvalue weighted by atomic mass is 16.6. The van der Waals surface area contributed by atoms with E-state index in [9.17, 15) is 24.3 Å². The Morgan fingerprint density at radius 1 is 1.20 bits per heavy atom. The van der Waals surface area contributed by atoms with Gasteiger partial charge in [0.1, 0.15) is 12.4 Å². The fourth-order valence-corrected chi connectivity index (χ4v) is 6.55. The average molecular weight is 622 g/mol. The zero-order valence-corrected chi connectivity index (χ0v) is 25.1. The van der Waals surface area contributed by atoms with Gasteiger partial charge in [-0.25, -0.2) is 14.6 Å². The molecule has 3 aromatic rings. The lowest BCUT2D eigenvalue weighted by atomic mass is 9.86. The summed E-state index contributed by atoms with van der Waals surface area (Å²) in [5.41, 5.74) is 0.0811. The topological polar surface area (TPSA) is 160 Å². The quantitative estimate of drug-likeness (QED) is 0.187. The number of pyridine rings is 2. The van der Waals surface area contributed by atoms with Gasteiger partial charge in [-0.05, 0) is 74.9 Å². The average Bonchev–Trinajstić information content (AvgIpc) is 3.41. The maximum absolute atomic E-state index is 13.7. The Labute approximate surface area is 264 Å². The number of carbonyl (C=O) groups excluding carboxylic acids is 2. The van der Waals surface area contributed by atoms with Gasteiger partial charge in [0.05, 0.1) is 29.0 Å². The van der Waals surface area contributed by atoms with E-state index in [-0.39, 0.29) is 55.3 Å². The van der Waals surface area contributed by atoms with Crippen LogP contribution in [0.25, 0.3) is 22.3 Å². The second-order valence-corrected chi connectivity index (χ2v) is 11.8. The minimum absolute atomic E-state index is 0.00336. The number of nitrogens with zero attached hydrogens (tertiary/aromatic N) is 3. The molecule has 1 fully saturated rings. The van der Waals surface area contributed by atoms with Gasteiger partial charge in [-0.2, -0.15) is 0 Å². The Kier molecular flexibility index (Phi) is 7.36. The number of nitrogens with one attached hydrogen (secondary N) is 1. The molecule has 2 aromatic heterocycles. The van der Waals surface area contributed by atoms with Crippen LogP contribution in [0.2, 0.25) is 0 Å². The third-order valence-electron chi connectivity index (χ3n) is 9.16. The number of hydrogen-bond acceptors (Lipinski definition) is 9. The molecular weight excluding hydrogens is 580 g/mol. The summed E-state index contributed by atoms with van der Waals surface area (Å²) < 4.78 is 36.6. The molecule has 3 aliphatic rings. The molecule has 5 heterocycles. The van der Waals surface area contributed by atoms with Crippen LogP contribution in [0.15, 0.2) is 29.1 Å². The highest BCUT2D eigenvalue weighted by molar-refractivity contribution is 5.90. The highest BCUT2D eigenvalue weighted by Gasteiger charge is 2.45. The van der Waals surface area contributed by atoms with Gasteiger partial charge in [0.25, 0.3) is 5.56 Å². The number of rotatable bonds is 9. The largest absolute Gasteiger partial charge is 0.481 e. The van der Waals surface area contributed by atoms with E-state index in [1.54, 1.807) is 36.1 Å². The van der Waals surface area contributed by atoms with Crippen molar-refractivity contribution >= 4 is 28.9 Å². The number of amides is 1. The number of fused-ring (bicyclic) bond motifs is 5. The van der Waals surface area contributed by atoms with E-state index in [0.717, 1.165) is 19.3 Å². The molecule has 45 heavy (non-hydrogen) atoms. The van der Waals surface area contributed by atoms with E-state index in [4.69, 9.17) is 23.7 Å². The number of esters is 1. The van der Waals surface area contributed by atoms with Gasteiger partial charge in [-0.1, -0.05) is 13.8 Å². The zero-order valence-electron chi connectivity index (χ0n) is 28.1. The first kappa shape index (κ1) is 27.1. The lowest BCUT2D eigenvalue weighted by Crippen LogP contribution is -2.46. The number of aromatic nitrogens is 2. The number of hydrogen-bond donors (Lipinski definition) is 3. The number of unbranched alkanes of at least 4 members (excludes halogenated alkanes) is 1. The number of piperidine rings is 1. The van der Waals surface area contributed by atoms with Crippen LogP contribution in [0, 0.1) is 0 Å². The predicted octanol–water partition coefficient (Wildman–Crippen LogP) is 3.45. The number of ether oxygens (including phenoxy) is 2. The summed E-state index contributed by atoms with van der Waals surface area (Å²) in [6.07, 6.45) is 2.12. The number of cyclic esters (lactones) is 1. The molecule has 3 N–H and O–H groups in total. The van der Waals surface area contributed by atoms with E-state index in [1.165, 1.54) is 4.57 Å². The molecule has 1 atom stereocenters. The Morgan fingerprint density at radius 3 is 2.73 bits per heavy atom. The van der Waals surface area contributed by atoms with E-state index in [2.05, 4.69) is 5.32 Å². The molecule has 0 saturated carbocycles. The van der Waals surface area contributed by atoms with Crippen molar-refractivity contribution in [2.75, 3.05) is 19.6 Å². The number of carbonyl (C=O) groups is 3. The highest BCUT2D eigenvalue weighted by Crippen LogP contribution is 2.40. The number of likely N-dealkylation sites (tertiary alicyclic amines) is 1. The Balaban J connectivity index is 1.25. The number of carboxylic acid groups (broad SMARTS) is 1. The van der Waals surface area contributed by atoms with Gasteiger partial charge >= 0.3 is 18.0 Å². The summed E-state index contributed by atoms with van der Waals surface area (Å²) in [4.78, 5) is 56.4. The van der Waals surface area contributed by atoms with Crippen LogP contribution in [0.3, 0.4) is 0 Å². The molecule has 0 unspecified atom stereocenters. The van der Waals surface area contributed by atoms with Gasteiger partial charge < -0.3 is 34.5 Å². The van der Waals surface area contributed by atoms with E-state index >= 15 is 0 Å². The van der Waals surface area contributed by atoms with Crippen molar-refractivity contribution < 1.29 is 38.2 Å². The Bertz CT molecular complexity index is 1850. The lowest BCUT2D eigenvalue weighted by Gasteiger charge is -2.31. The van der Waals surface area contributed by atoms with E-state index in [0.29, 0.717) is 59.5 Å². The van der Waals surface area contributed by atoms with Crippen molar-refractivity contribution in [1.82, 2.24) is 19.8 Å². The molecular formula is C33H38N4O8. The first-order valence-electron chi connectivity index (χ1n) is 16.8. The predicted molar refractivity (Wildman–Crippen MR) is 164 cm³/mol.